The van der Waals surface area contributed by atoms with Crippen molar-refractivity contribution in [1.29, 1.82) is 0 Å². The summed E-state index contributed by atoms with van der Waals surface area (Å²) in [7, 11) is -2.01. The van der Waals surface area contributed by atoms with E-state index in [-0.39, 0.29) is 24.3 Å². The molecule has 0 radical (unpaired) electrons. The van der Waals surface area contributed by atoms with Crippen molar-refractivity contribution >= 4 is 10.1 Å². The number of aliphatic hydroxyl groups excluding tert-OH is 1. The molecule has 1 aromatic rings. The minimum Gasteiger partial charge on any atom is -0.396 e. The first-order chi connectivity index (χ1) is 9.35. The fourth-order valence-corrected chi connectivity index (χ4v) is 2.74. The van der Waals surface area contributed by atoms with Gasteiger partial charge in [0, 0.05) is 12.0 Å². The summed E-state index contributed by atoms with van der Waals surface area (Å²) in [5, 5.41) is 9.59. The maximum absolute atomic E-state index is 10.7. The quantitative estimate of drug-likeness (QED) is 0.709. The van der Waals surface area contributed by atoms with Crippen LogP contribution in [0.2, 0.25) is 0 Å². The van der Waals surface area contributed by atoms with Crippen molar-refractivity contribution in [2.75, 3.05) is 26.0 Å². The molecule has 0 aromatic heterocycles. The average Bonchev–Trinajstić information content (AvgIpc) is 2.39. The lowest BCUT2D eigenvalue weighted by Crippen LogP contribution is -2.37. The molecule has 0 saturated carbocycles. The van der Waals surface area contributed by atoms with E-state index < -0.39 is 10.1 Å². The third-order valence-corrected chi connectivity index (χ3v) is 4.42. The molecule has 0 aliphatic carbocycles. The van der Waals surface area contributed by atoms with Crippen LogP contribution < -0.4 is 0 Å². The van der Waals surface area contributed by atoms with Crippen molar-refractivity contribution < 1.29 is 18.1 Å². The number of likely N-dealkylation sites (N-methyl/N-ethyl adjacent to an activating group) is 1. The molecule has 114 valence electrons. The monoisotopic (exact) mass is 301 g/mol. The van der Waals surface area contributed by atoms with Gasteiger partial charge in [0.15, 0.2) is 0 Å². The Morgan fingerprint density at radius 1 is 1.25 bits per heavy atom. The van der Waals surface area contributed by atoms with Crippen molar-refractivity contribution in [3.63, 3.8) is 0 Å². The fraction of sp³-hybridized carbons (Fsp3) is 0.571. The first-order valence-corrected chi connectivity index (χ1v) is 8.27. The van der Waals surface area contributed by atoms with Gasteiger partial charge in [-0.15, -0.1) is 0 Å². The zero-order valence-corrected chi connectivity index (χ0v) is 12.8. The van der Waals surface area contributed by atoms with Crippen LogP contribution in [-0.2, 0) is 10.1 Å². The molecule has 1 rings (SSSR count). The molecule has 0 bridgehead atoms. The number of rotatable bonds is 8. The Hall–Kier alpha value is -0.950. The highest BCUT2D eigenvalue weighted by Crippen LogP contribution is 2.22. The summed E-state index contributed by atoms with van der Waals surface area (Å²) in [6.07, 6.45) is 0.368. The Balaban J connectivity index is 2.60. The lowest BCUT2D eigenvalue weighted by atomic mass is 9.92. The normalized spacial score (nSPS) is 15.2. The van der Waals surface area contributed by atoms with Crippen LogP contribution in [0.1, 0.15) is 24.8 Å². The highest BCUT2D eigenvalue weighted by molar-refractivity contribution is 7.85. The van der Waals surface area contributed by atoms with Crippen molar-refractivity contribution in [3.05, 3.63) is 35.9 Å². The van der Waals surface area contributed by atoms with Gasteiger partial charge in [-0.3, -0.25) is 4.55 Å². The van der Waals surface area contributed by atoms with Gasteiger partial charge in [0.05, 0.1) is 12.4 Å². The third kappa shape index (κ3) is 5.58. The summed E-state index contributed by atoms with van der Waals surface area (Å²) in [6, 6.07) is 9.82. The first kappa shape index (κ1) is 17.1. The smallest absolute Gasteiger partial charge is 0.264 e. The molecular formula is C14H23NO4S. The zero-order valence-electron chi connectivity index (χ0n) is 11.9. The Morgan fingerprint density at radius 3 is 2.35 bits per heavy atom. The summed E-state index contributed by atoms with van der Waals surface area (Å²) in [4.78, 5) is 2.00. The molecule has 0 amide bonds. The standard InChI is InChI=1S/C14H23NO4S/c1-12(15(2)9-6-10-20(17,18)19)14(11-16)13-7-4-3-5-8-13/h3-5,7-8,12,14,16H,6,9-11H2,1-2H3,(H,17,18,19)/t12-,14?/m1/s1. The van der Waals surface area contributed by atoms with E-state index in [1.54, 1.807) is 0 Å². The van der Waals surface area contributed by atoms with Gasteiger partial charge < -0.3 is 10.0 Å². The van der Waals surface area contributed by atoms with E-state index in [0.29, 0.717) is 13.0 Å². The Labute approximate surface area is 121 Å². The molecule has 20 heavy (non-hydrogen) atoms. The van der Waals surface area contributed by atoms with Crippen LogP contribution in [-0.4, -0.2) is 55.0 Å². The maximum Gasteiger partial charge on any atom is 0.264 e. The molecule has 2 atom stereocenters. The molecule has 0 saturated heterocycles. The third-order valence-electron chi connectivity index (χ3n) is 3.62. The lowest BCUT2D eigenvalue weighted by molar-refractivity contribution is 0.168. The number of hydrogen-bond acceptors (Lipinski definition) is 4. The molecule has 1 aromatic carbocycles. The average molecular weight is 301 g/mol. The second-order valence-corrected chi connectivity index (χ2v) is 6.63. The Morgan fingerprint density at radius 2 is 1.85 bits per heavy atom. The largest absolute Gasteiger partial charge is 0.396 e. The zero-order chi connectivity index (χ0) is 15.2. The highest BCUT2D eigenvalue weighted by atomic mass is 32.2. The summed E-state index contributed by atoms with van der Waals surface area (Å²) in [5.74, 6) is -0.258. The van der Waals surface area contributed by atoms with Gasteiger partial charge >= 0.3 is 0 Å². The highest BCUT2D eigenvalue weighted by Gasteiger charge is 2.22. The summed E-state index contributed by atoms with van der Waals surface area (Å²) < 4.78 is 30.1. The lowest BCUT2D eigenvalue weighted by Gasteiger charge is -2.31. The summed E-state index contributed by atoms with van der Waals surface area (Å²) in [6.45, 7) is 2.58. The second kappa shape index (κ2) is 7.73. The van der Waals surface area contributed by atoms with Gasteiger partial charge in [-0.05, 0) is 32.5 Å². The SMILES string of the molecule is C[C@H](C(CO)c1ccccc1)N(C)CCCS(=O)(=O)O. The fourth-order valence-electron chi connectivity index (χ4n) is 2.24. The molecule has 0 fully saturated rings. The number of benzene rings is 1. The maximum atomic E-state index is 10.7. The van der Waals surface area contributed by atoms with Crippen molar-refractivity contribution in [2.24, 2.45) is 0 Å². The predicted octanol–water partition coefficient (Wildman–Crippen LogP) is 1.36. The molecule has 0 aliphatic rings. The van der Waals surface area contributed by atoms with Crippen LogP contribution >= 0.6 is 0 Å². The number of hydrogen-bond donors (Lipinski definition) is 2. The van der Waals surface area contributed by atoms with Gasteiger partial charge in [0.2, 0.25) is 0 Å². The minimum absolute atomic E-state index is 0.0214. The van der Waals surface area contributed by atoms with Gasteiger partial charge in [-0.25, -0.2) is 0 Å². The molecular weight excluding hydrogens is 278 g/mol. The molecule has 6 heteroatoms. The van der Waals surface area contributed by atoms with E-state index in [4.69, 9.17) is 4.55 Å². The van der Waals surface area contributed by atoms with Crippen LogP contribution in [0.3, 0.4) is 0 Å². The Bertz CT molecular complexity index is 489. The van der Waals surface area contributed by atoms with E-state index in [1.165, 1.54) is 0 Å². The van der Waals surface area contributed by atoms with E-state index in [0.717, 1.165) is 5.56 Å². The van der Waals surface area contributed by atoms with Crippen molar-refractivity contribution in [3.8, 4) is 0 Å². The van der Waals surface area contributed by atoms with E-state index in [9.17, 15) is 13.5 Å². The van der Waals surface area contributed by atoms with Crippen LogP contribution in [0.4, 0.5) is 0 Å². The van der Waals surface area contributed by atoms with E-state index >= 15 is 0 Å². The van der Waals surface area contributed by atoms with E-state index in [2.05, 4.69) is 0 Å². The van der Waals surface area contributed by atoms with Gasteiger partial charge in [0.25, 0.3) is 10.1 Å². The van der Waals surface area contributed by atoms with Crippen LogP contribution in [0.5, 0.6) is 0 Å². The number of aliphatic hydroxyl groups is 1. The van der Waals surface area contributed by atoms with Crippen molar-refractivity contribution in [2.45, 2.75) is 25.3 Å². The molecule has 0 aliphatic heterocycles. The molecule has 0 heterocycles. The van der Waals surface area contributed by atoms with Gasteiger partial charge in [-0.1, -0.05) is 30.3 Å². The minimum atomic E-state index is -3.90. The second-order valence-electron chi connectivity index (χ2n) is 5.06. The van der Waals surface area contributed by atoms with Crippen molar-refractivity contribution in [1.82, 2.24) is 4.90 Å². The molecule has 0 spiro atoms. The Kier molecular flexibility index (Phi) is 6.61. The first-order valence-electron chi connectivity index (χ1n) is 6.66. The van der Waals surface area contributed by atoms with E-state index in [1.807, 2.05) is 49.2 Å². The van der Waals surface area contributed by atoms with Crippen LogP contribution in [0.25, 0.3) is 0 Å². The number of nitrogens with zero attached hydrogens (tertiary/aromatic N) is 1. The van der Waals surface area contributed by atoms with Gasteiger partial charge in [-0.2, -0.15) is 8.42 Å². The molecule has 5 nitrogen and oxygen atoms in total. The topological polar surface area (TPSA) is 77.8 Å². The summed E-state index contributed by atoms with van der Waals surface area (Å²) in [5.41, 5.74) is 1.06. The van der Waals surface area contributed by atoms with Gasteiger partial charge in [0.1, 0.15) is 0 Å². The molecule has 2 N–H and O–H groups in total. The predicted molar refractivity (Wildman–Crippen MR) is 79.4 cm³/mol. The summed E-state index contributed by atoms with van der Waals surface area (Å²) >= 11 is 0. The van der Waals surface area contributed by atoms with Crippen LogP contribution in [0.15, 0.2) is 30.3 Å². The van der Waals surface area contributed by atoms with Crippen LogP contribution in [0, 0.1) is 0 Å². The molecule has 1 unspecified atom stereocenters.